The maximum Gasteiger partial charge on any atom is 0.235 e. The van der Waals surface area contributed by atoms with E-state index < -0.39 is 0 Å². The van der Waals surface area contributed by atoms with Crippen molar-refractivity contribution in [2.45, 2.75) is 65.1 Å². The molecule has 190 valence electrons. The predicted octanol–water partition coefficient (Wildman–Crippen LogP) is 7.48. The summed E-state index contributed by atoms with van der Waals surface area (Å²) in [7, 11) is 0. The van der Waals surface area contributed by atoms with Crippen LogP contribution in [0.4, 0.5) is 5.00 Å². The molecule has 10 heteroatoms. The molecule has 0 spiro atoms. The number of carbonyl (C=O) groups is 1. The third-order valence-corrected chi connectivity index (χ3v) is 10.1. The van der Waals surface area contributed by atoms with Crippen LogP contribution in [0.2, 0.25) is 10.0 Å². The fraction of sp³-hybridized carbons (Fsp3) is 0.462. The van der Waals surface area contributed by atoms with Gasteiger partial charge < -0.3 is 9.88 Å². The molecule has 6 nitrogen and oxygen atoms in total. The first-order valence-electron chi connectivity index (χ1n) is 12.0. The van der Waals surface area contributed by atoms with Crippen molar-refractivity contribution >= 4 is 57.2 Å². The largest absolute Gasteiger partial charge is 0.316 e. The molecule has 2 aromatic heterocycles. The normalized spacial score (nSPS) is 15.4. The molecule has 1 atom stereocenters. The highest BCUT2D eigenvalue weighted by molar-refractivity contribution is 7.99. The van der Waals surface area contributed by atoms with Crippen LogP contribution >= 0.6 is 46.3 Å². The highest BCUT2D eigenvalue weighted by Crippen LogP contribution is 2.45. The first-order valence-corrected chi connectivity index (χ1v) is 14.6. The van der Waals surface area contributed by atoms with Crippen molar-refractivity contribution in [1.29, 1.82) is 5.26 Å². The van der Waals surface area contributed by atoms with Gasteiger partial charge in [0.15, 0.2) is 11.0 Å². The van der Waals surface area contributed by atoms with Crippen LogP contribution in [0, 0.1) is 22.7 Å². The third kappa shape index (κ3) is 5.45. The van der Waals surface area contributed by atoms with Gasteiger partial charge in [0.25, 0.3) is 0 Å². The first-order chi connectivity index (χ1) is 17.2. The Morgan fingerprint density at radius 3 is 2.75 bits per heavy atom. The van der Waals surface area contributed by atoms with Gasteiger partial charge in [-0.1, -0.05) is 62.2 Å². The number of amides is 1. The summed E-state index contributed by atoms with van der Waals surface area (Å²) < 4.78 is 1.94. The van der Waals surface area contributed by atoms with E-state index in [-0.39, 0.29) is 17.1 Å². The summed E-state index contributed by atoms with van der Waals surface area (Å²) in [5.74, 6) is 1.26. The van der Waals surface area contributed by atoms with Crippen molar-refractivity contribution < 1.29 is 4.79 Å². The highest BCUT2D eigenvalue weighted by atomic mass is 35.5. The number of thiophene rings is 1. The molecule has 0 radical (unpaired) electrons. The number of hydrogen-bond donors (Lipinski definition) is 1. The van der Waals surface area contributed by atoms with E-state index in [0.29, 0.717) is 44.1 Å². The number of halogens is 2. The van der Waals surface area contributed by atoms with Crippen molar-refractivity contribution in [3.8, 4) is 17.5 Å². The van der Waals surface area contributed by atoms with Gasteiger partial charge in [0.1, 0.15) is 11.1 Å². The third-order valence-electron chi connectivity index (χ3n) is 7.19. The molecule has 0 bridgehead atoms. The SMILES string of the molecule is CCn1c(SCC(=O)Nc2sc3c(c2C#N)CCC(C(C)(C)CC)C3)nnc1-c1ccc(Cl)c(Cl)c1. The number of nitrogens with zero attached hydrogens (tertiary/aromatic N) is 4. The Balaban J connectivity index is 1.46. The number of anilines is 1. The number of thioether (sulfide) groups is 1. The van der Waals surface area contributed by atoms with Gasteiger partial charge in [-0.05, 0) is 61.3 Å². The zero-order chi connectivity index (χ0) is 26.0. The van der Waals surface area contributed by atoms with E-state index in [1.165, 1.54) is 16.6 Å². The molecule has 0 aliphatic heterocycles. The minimum Gasteiger partial charge on any atom is -0.316 e. The lowest BCUT2D eigenvalue weighted by atomic mass is 9.69. The number of benzene rings is 1. The Morgan fingerprint density at radius 2 is 2.08 bits per heavy atom. The number of hydrogen-bond acceptors (Lipinski definition) is 6. The van der Waals surface area contributed by atoms with Crippen LogP contribution in [0.1, 0.15) is 56.5 Å². The van der Waals surface area contributed by atoms with Gasteiger partial charge in [0.05, 0.1) is 21.4 Å². The average Bonchev–Trinajstić information content (AvgIpc) is 3.43. The van der Waals surface area contributed by atoms with Gasteiger partial charge in [-0.25, -0.2) is 0 Å². The molecule has 3 aromatic rings. The van der Waals surface area contributed by atoms with Crippen molar-refractivity contribution in [2.24, 2.45) is 11.3 Å². The quantitative estimate of drug-likeness (QED) is 0.288. The molecule has 0 fully saturated rings. The van der Waals surface area contributed by atoms with Crippen LogP contribution in [0.25, 0.3) is 11.4 Å². The smallest absolute Gasteiger partial charge is 0.235 e. The standard InChI is InChI=1S/C26H29Cl2N5OS2/c1-5-26(3,4)16-8-9-17-18(13-29)24(36-21(17)12-16)30-22(34)14-35-25-32-31-23(33(25)6-2)15-7-10-19(27)20(28)11-15/h7,10-11,16H,5-6,8-9,12,14H2,1-4H3,(H,30,34). The first kappa shape index (κ1) is 27.0. The summed E-state index contributed by atoms with van der Waals surface area (Å²) in [6.07, 6.45) is 4.07. The maximum atomic E-state index is 12.9. The van der Waals surface area contributed by atoms with E-state index in [2.05, 4.69) is 42.4 Å². The van der Waals surface area contributed by atoms with E-state index in [1.807, 2.05) is 17.6 Å². The zero-order valence-electron chi connectivity index (χ0n) is 20.8. The minimum absolute atomic E-state index is 0.165. The van der Waals surface area contributed by atoms with E-state index >= 15 is 0 Å². The Morgan fingerprint density at radius 1 is 1.31 bits per heavy atom. The van der Waals surface area contributed by atoms with Crippen LogP contribution in [0.5, 0.6) is 0 Å². The van der Waals surface area contributed by atoms with E-state index in [1.54, 1.807) is 23.5 Å². The molecule has 0 saturated carbocycles. The zero-order valence-corrected chi connectivity index (χ0v) is 24.0. The molecule has 2 heterocycles. The Labute approximate surface area is 230 Å². The minimum atomic E-state index is -0.165. The molecule has 36 heavy (non-hydrogen) atoms. The molecule has 1 aliphatic rings. The molecular weight excluding hydrogens is 533 g/mol. The Bertz CT molecular complexity index is 1320. The van der Waals surface area contributed by atoms with E-state index in [4.69, 9.17) is 23.2 Å². The molecule has 1 N–H and O–H groups in total. The lowest BCUT2D eigenvalue weighted by Gasteiger charge is -2.36. The van der Waals surface area contributed by atoms with E-state index in [9.17, 15) is 10.1 Å². The summed E-state index contributed by atoms with van der Waals surface area (Å²) in [6, 6.07) is 7.68. The number of rotatable bonds is 8. The summed E-state index contributed by atoms with van der Waals surface area (Å²) in [4.78, 5) is 14.1. The second-order valence-corrected chi connectivity index (χ2v) is 12.5. The van der Waals surface area contributed by atoms with Crippen LogP contribution < -0.4 is 5.32 Å². The molecule has 1 aromatic carbocycles. The van der Waals surface area contributed by atoms with Gasteiger partial charge in [-0.3, -0.25) is 4.79 Å². The Hall–Kier alpha value is -2.05. The van der Waals surface area contributed by atoms with Crippen molar-refractivity contribution in [2.75, 3.05) is 11.1 Å². The van der Waals surface area contributed by atoms with Crippen molar-refractivity contribution in [3.05, 3.63) is 44.2 Å². The molecule has 1 aliphatic carbocycles. The van der Waals surface area contributed by atoms with E-state index in [0.717, 1.165) is 36.8 Å². The van der Waals surface area contributed by atoms with Gasteiger partial charge in [-0.15, -0.1) is 21.5 Å². The number of carbonyl (C=O) groups excluding carboxylic acids is 1. The fourth-order valence-electron chi connectivity index (χ4n) is 4.57. The maximum absolute atomic E-state index is 12.9. The van der Waals surface area contributed by atoms with Crippen molar-refractivity contribution in [1.82, 2.24) is 14.8 Å². The topological polar surface area (TPSA) is 83.6 Å². The summed E-state index contributed by atoms with van der Waals surface area (Å²) in [5.41, 5.74) is 2.81. The predicted molar refractivity (Wildman–Crippen MR) is 149 cm³/mol. The monoisotopic (exact) mass is 561 g/mol. The van der Waals surface area contributed by atoms with Crippen LogP contribution in [-0.4, -0.2) is 26.4 Å². The number of fused-ring (bicyclic) bond motifs is 1. The number of nitrogens with one attached hydrogen (secondary N) is 1. The molecule has 0 saturated heterocycles. The summed E-state index contributed by atoms with van der Waals surface area (Å²) >= 11 is 15.1. The van der Waals surface area contributed by atoms with Gasteiger partial charge in [0, 0.05) is 17.0 Å². The molecule has 1 unspecified atom stereocenters. The summed E-state index contributed by atoms with van der Waals surface area (Å²) in [5, 5.41) is 23.7. The molecule has 4 rings (SSSR count). The van der Waals surface area contributed by atoms with Gasteiger partial charge in [-0.2, -0.15) is 5.26 Å². The number of nitriles is 1. The van der Waals surface area contributed by atoms with Crippen LogP contribution in [0.15, 0.2) is 23.4 Å². The number of aromatic nitrogens is 3. The highest BCUT2D eigenvalue weighted by Gasteiger charge is 2.34. The van der Waals surface area contributed by atoms with Gasteiger partial charge in [0.2, 0.25) is 5.91 Å². The Kier molecular flexibility index (Phi) is 8.35. The molecular formula is C26H29Cl2N5OS2. The van der Waals surface area contributed by atoms with Crippen LogP contribution in [-0.2, 0) is 24.2 Å². The lowest BCUT2D eigenvalue weighted by Crippen LogP contribution is -2.28. The van der Waals surface area contributed by atoms with Crippen LogP contribution in [0.3, 0.4) is 0 Å². The second-order valence-electron chi connectivity index (χ2n) is 9.62. The lowest BCUT2D eigenvalue weighted by molar-refractivity contribution is -0.113. The molecule has 1 amide bonds. The average molecular weight is 563 g/mol. The second kappa shape index (κ2) is 11.1. The fourth-order valence-corrected chi connectivity index (χ4v) is 6.96. The summed E-state index contributed by atoms with van der Waals surface area (Å²) in [6.45, 7) is 9.52. The van der Waals surface area contributed by atoms with Gasteiger partial charge >= 0.3 is 0 Å². The van der Waals surface area contributed by atoms with Crippen molar-refractivity contribution in [3.63, 3.8) is 0 Å².